The van der Waals surface area contributed by atoms with E-state index < -0.39 is 0 Å². The van der Waals surface area contributed by atoms with E-state index in [-0.39, 0.29) is 5.84 Å². The lowest BCUT2D eigenvalue weighted by Crippen LogP contribution is -2.30. The van der Waals surface area contributed by atoms with Crippen molar-refractivity contribution < 1.29 is 5.21 Å². The van der Waals surface area contributed by atoms with E-state index in [0.717, 1.165) is 11.5 Å². The van der Waals surface area contributed by atoms with E-state index in [9.17, 15) is 0 Å². The van der Waals surface area contributed by atoms with Crippen molar-refractivity contribution in [1.82, 2.24) is 4.98 Å². The van der Waals surface area contributed by atoms with Crippen LogP contribution >= 0.6 is 0 Å². The highest BCUT2D eigenvalue weighted by atomic mass is 16.4. The smallest absolute Gasteiger partial charge is 0.173 e. The molecule has 0 amide bonds. The van der Waals surface area contributed by atoms with Crippen LogP contribution in [-0.2, 0) is 0 Å². The maximum absolute atomic E-state index is 8.72. The number of hydrogen-bond acceptors (Lipinski definition) is 4. The number of oxime groups is 1. The van der Waals surface area contributed by atoms with Crippen LogP contribution in [0.4, 0.5) is 5.82 Å². The van der Waals surface area contributed by atoms with Gasteiger partial charge in [-0.15, -0.1) is 0 Å². The molecule has 0 radical (unpaired) electrons. The number of nitrogens with zero attached hydrogens (tertiary/aromatic N) is 3. The standard InChI is InChI=1S/C11H18N4O/c1-7(2)15(4)11-9(10(12)14-16)6-5-8(3)13-11/h5-7,16H,1-4H3,(H2,12,14). The average Bonchev–Trinajstić information content (AvgIpc) is 2.26. The summed E-state index contributed by atoms with van der Waals surface area (Å²) in [5, 5.41) is 11.7. The first-order valence-electron chi connectivity index (χ1n) is 5.15. The molecule has 0 aromatic carbocycles. The molecule has 0 unspecified atom stereocenters. The van der Waals surface area contributed by atoms with E-state index in [1.807, 2.05) is 31.0 Å². The summed E-state index contributed by atoms with van der Waals surface area (Å²) in [7, 11) is 1.93. The molecule has 5 nitrogen and oxygen atoms in total. The van der Waals surface area contributed by atoms with Crippen LogP contribution in [0.3, 0.4) is 0 Å². The van der Waals surface area contributed by atoms with Gasteiger partial charge in [0, 0.05) is 18.8 Å². The Hall–Kier alpha value is -1.78. The van der Waals surface area contributed by atoms with E-state index in [4.69, 9.17) is 10.9 Å². The van der Waals surface area contributed by atoms with Gasteiger partial charge in [0.15, 0.2) is 5.84 Å². The lowest BCUT2D eigenvalue weighted by Gasteiger charge is -2.25. The number of amidine groups is 1. The first-order valence-corrected chi connectivity index (χ1v) is 5.15. The lowest BCUT2D eigenvalue weighted by atomic mass is 10.2. The van der Waals surface area contributed by atoms with Gasteiger partial charge in [-0.25, -0.2) is 4.98 Å². The monoisotopic (exact) mass is 222 g/mol. The number of pyridine rings is 1. The molecule has 1 aromatic rings. The van der Waals surface area contributed by atoms with Gasteiger partial charge in [0.05, 0.1) is 5.56 Å². The van der Waals surface area contributed by atoms with Crippen LogP contribution < -0.4 is 10.6 Å². The molecular formula is C11H18N4O. The van der Waals surface area contributed by atoms with Crippen LogP contribution in [0.1, 0.15) is 25.1 Å². The van der Waals surface area contributed by atoms with Gasteiger partial charge in [0.2, 0.25) is 0 Å². The highest BCUT2D eigenvalue weighted by molar-refractivity contribution is 6.01. The Labute approximate surface area is 95.6 Å². The molecule has 0 bridgehead atoms. The van der Waals surface area contributed by atoms with Crippen molar-refractivity contribution >= 4 is 11.7 Å². The Morgan fingerprint density at radius 3 is 2.62 bits per heavy atom. The predicted octanol–water partition coefficient (Wildman–Crippen LogP) is 1.33. The summed E-state index contributed by atoms with van der Waals surface area (Å²) in [6, 6.07) is 3.94. The van der Waals surface area contributed by atoms with Crippen molar-refractivity contribution in [3.63, 3.8) is 0 Å². The molecule has 1 heterocycles. The number of anilines is 1. The van der Waals surface area contributed by atoms with E-state index in [0.29, 0.717) is 11.6 Å². The van der Waals surface area contributed by atoms with Gasteiger partial charge in [0.25, 0.3) is 0 Å². The van der Waals surface area contributed by atoms with Crippen LogP contribution in [0, 0.1) is 6.92 Å². The van der Waals surface area contributed by atoms with Crippen molar-refractivity contribution in [2.45, 2.75) is 26.8 Å². The minimum atomic E-state index is 0.0787. The average molecular weight is 222 g/mol. The second-order valence-electron chi connectivity index (χ2n) is 4.01. The number of nitrogens with two attached hydrogens (primary N) is 1. The topological polar surface area (TPSA) is 74.7 Å². The molecule has 0 atom stereocenters. The number of rotatable bonds is 3. The first kappa shape index (κ1) is 12.3. The van der Waals surface area contributed by atoms with Crippen LogP contribution in [0.5, 0.6) is 0 Å². The molecule has 16 heavy (non-hydrogen) atoms. The van der Waals surface area contributed by atoms with E-state index in [1.165, 1.54) is 0 Å². The molecule has 0 spiro atoms. The van der Waals surface area contributed by atoms with Crippen LogP contribution in [-0.4, -0.2) is 29.1 Å². The summed E-state index contributed by atoms with van der Waals surface area (Å²) < 4.78 is 0. The van der Waals surface area contributed by atoms with Crippen molar-refractivity contribution in [3.8, 4) is 0 Å². The Balaban J connectivity index is 3.29. The van der Waals surface area contributed by atoms with Gasteiger partial charge in [-0.2, -0.15) is 0 Å². The molecule has 0 aliphatic carbocycles. The fourth-order valence-electron chi connectivity index (χ4n) is 1.31. The summed E-state index contributed by atoms with van der Waals surface area (Å²) in [5.74, 6) is 0.806. The minimum Gasteiger partial charge on any atom is -0.409 e. The van der Waals surface area contributed by atoms with Gasteiger partial charge < -0.3 is 15.8 Å². The van der Waals surface area contributed by atoms with Crippen molar-refractivity contribution in [3.05, 3.63) is 23.4 Å². The van der Waals surface area contributed by atoms with E-state index in [1.54, 1.807) is 0 Å². The first-order chi connectivity index (χ1) is 7.47. The number of aryl methyl sites for hydroxylation is 1. The Morgan fingerprint density at radius 2 is 2.12 bits per heavy atom. The fraction of sp³-hybridized carbons (Fsp3) is 0.455. The van der Waals surface area contributed by atoms with Crippen LogP contribution in [0.25, 0.3) is 0 Å². The SMILES string of the molecule is Cc1ccc(C(N)=NO)c(N(C)C(C)C)n1. The van der Waals surface area contributed by atoms with Gasteiger partial charge in [0.1, 0.15) is 5.82 Å². The molecule has 5 heteroatoms. The fourth-order valence-corrected chi connectivity index (χ4v) is 1.31. The Bertz CT molecular complexity index is 401. The normalized spacial score (nSPS) is 11.9. The summed E-state index contributed by atoms with van der Waals surface area (Å²) in [5.41, 5.74) is 7.16. The Morgan fingerprint density at radius 1 is 1.50 bits per heavy atom. The van der Waals surface area contributed by atoms with E-state index in [2.05, 4.69) is 24.0 Å². The molecule has 0 fully saturated rings. The van der Waals surface area contributed by atoms with E-state index >= 15 is 0 Å². The van der Waals surface area contributed by atoms with Gasteiger partial charge in [-0.3, -0.25) is 0 Å². The molecule has 3 N–H and O–H groups in total. The largest absolute Gasteiger partial charge is 0.409 e. The highest BCUT2D eigenvalue weighted by Gasteiger charge is 2.14. The van der Waals surface area contributed by atoms with Crippen molar-refractivity contribution in [2.24, 2.45) is 10.9 Å². The van der Waals surface area contributed by atoms with Gasteiger partial charge >= 0.3 is 0 Å². The maximum atomic E-state index is 8.72. The Kier molecular flexibility index (Phi) is 3.71. The molecule has 1 rings (SSSR count). The molecule has 1 aromatic heterocycles. The molecule has 0 aliphatic rings. The zero-order valence-electron chi connectivity index (χ0n) is 10.1. The third kappa shape index (κ3) is 2.42. The molecule has 0 saturated heterocycles. The molecule has 0 aliphatic heterocycles. The summed E-state index contributed by atoms with van der Waals surface area (Å²) in [6.07, 6.45) is 0. The molecule has 0 saturated carbocycles. The third-order valence-corrected chi connectivity index (χ3v) is 2.51. The quantitative estimate of drug-likeness (QED) is 0.350. The zero-order chi connectivity index (χ0) is 12.3. The minimum absolute atomic E-state index is 0.0787. The van der Waals surface area contributed by atoms with Crippen molar-refractivity contribution in [2.75, 3.05) is 11.9 Å². The second kappa shape index (κ2) is 4.83. The summed E-state index contributed by atoms with van der Waals surface area (Å²) in [4.78, 5) is 6.40. The predicted molar refractivity (Wildman–Crippen MR) is 65.0 cm³/mol. The lowest BCUT2D eigenvalue weighted by molar-refractivity contribution is 0.318. The zero-order valence-corrected chi connectivity index (χ0v) is 10.1. The number of hydrogen-bond donors (Lipinski definition) is 2. The highest BCUT2D eigenvalue weighted by Crippen LogP contribution is 2.19. The second-order valence-corrected chi connectivity index (χ2v) is 4.01. The van der Waals surface area contributed by atoms with Gasteiger partial charge in [-0.1, -0.05) is 5.16 Å². The number of aromatic nitrogens is 1. The molecular weight excluding hydrogens is 204 g/mol. The summed E-state index contributed by atoms with van der Waals surface area (Å²) in [6.45, 7) is 6.02. The van der Waals surface area contributed by atoms with Crippen LogP contribution in [0.2, 0.25) is 0 Å². The summed E-state index contributed by atoms with van der Waals surface area (Å²) >= 11 is 0. The van der Waals surface area contributed by atoms with Crippen molar-refractivity contribution in [1.29, 1.82) is 0 Å². The maximum Gasteiger partial charge on any atom is 0.173 e. The third-order valence-electron chi connectivity index (χ3n) is 2.51. The molecule has 88 valence electrons. The van der Waals surface area contributed by atoms with Crippen LogP contribution in [0.15, 0.2) is 17.3 Å². The van der Waals surface area contributed by atoms with Gasteiger partial charge in [-0.05, 0) is 32.9 Å².